The minimum absolute atomic E-state index is 0.0405. The van der Waals surface area contributed by atoms with Gasteiger partial charge in [-0.1, -0.05) is 137 Å². The van der Waals surface area contributed by atoms with E-state index in [1.165, 1.54) is 71.6 Å². The Bertz CT molecular complexity index is 1790. The van der Waals surface area contributed by atoms with Crippen molar-refractivity contribution in [3.05, 3.63) is 132 Å². The Morgan fingerprint density at radius 3 is 1.50 bits per heavy atom. The normalized spacial score (nSPS) is 13.7. The molecular formula is C38H32. The molecule has 0 fully saturated rings. The molecule has 184 valence electrons. The van der Waals surface area contributed by atoms with E-state index >= 15 is 0 Å². The second-order valence-corrected chi connectivity index (χ2v) is 11.6. The van der Waals surface area contributed by atoms with Crippen LogP contribution in [0.4, 0.5) is 0 Å². The van der Waals surface area contributed by atoms with Crippen molar-refractivity contribution in [3.8, 4) is 33.4 Å². The summed E-state index contributed by atoms with van der Waals surface area (Å²) < 4.78 is 0. The average Bonchev–Trinajstić information content (AvgIpc) is 3.17. The SMILES string of the molecule is CC(C)c1ccc2c(c1)C(C)(C)c1cc(-c3c4ccccc4c(-c4ccccc4)c4ccccc34)ccc1-2. The van der Waals surface area contributed by atoms with E-state index in [0.717, 1.165) is 0 Å². The molecule has 0 unspecified atom stereocenters. The van der Waals surface area contributed by atoms with Gasteiger partial charge in [-0.3, -0.25) is 0 Å². The van der Waals surface area contributed by atoms with Gasteiger partial charge in [-0.25, -0.2) is 0 Å². The first kappa shape index (κ1) is 23.0. The van der Waals surface area contributed by atoms with Crippen LogP contribution in [-0.2, 0) is 5.41 Å². The summed E-state index contributed by atoms with van der Waals surface area (Å²) in [7, 11) is 0. The molecule has 0 spiro atoms. The minimum atomic E-state index is -0.0405. The Labute approximate surface area is 225 Å². The largest absolute Gasteiger partial charge is 0.0622 e. The van der Waals surface area contributed by atoms with E-state index < -0.39 is 0 Å². The maximum atomic E-state index is 2.47. The van der Waals surface area contributed by atoms with Crippen molar-refractivity contribution >= 4 is 21.5 Å². The number of hydrogen-bond donors (Lipinski definition) is 0. The Balaban J connectivity index is 1.52. The van der Waals surface area contributed by atoms with Crippen LogP contribution in [0.1, 0.15) is 50.3 Å². The molecule has 0 atom stereocenters. The highest BCUT2D eigenvalue weighted by Crippen LogP contribution is 2.51. The molecule has 0 saturated heterocycles. The molecule has 0 nitrogen and oxygen atoms in total. The lowest BCUT2D eigenvalue weighted by atomic mass is 9.80. The van der Waals surface area contributed by atoms with Crippen LogP contribution in [0.5, 0.6) is 0 Å². The van der Waals surface area contributed by atoms with Gasteiger partial charge in [0.1, 0.15) is 0 Å². The summed E-state index contributed by atoms with van der Waals surface area (Å²) in [5.74, 6) is 0.524. The Kier molecular flexibility index (Phi) is 5.10. The molecular weight excluding hydrogens is 456 g/mol. The van der Waals surface area contributed by atoms with E-state index in [9.17, 15) is 0 Å². The van der Waals surface area contributed by atoms with Crippen molar-refractivity contribution in [1.29, 1.82) is 0 Å². The Hall–Kier alpha value is -4.16. The van der Waals surface area contributed by atoms with Crippen LogP contribution in [0.3, 0.4) is 0 Å². The molecule has 1 aliphatic carbocycles. The smallest absolute Gasteiger partial charge is 0.0159 e. The first-order valence-corrected chi connectivity index (χ1v) is 13.7. The molecule has 0 saturated carbocycles. The summed E-state index contributed by atoms with van der Waals surface area (Å²) in [5, 5.41) is 5.22. The molecule has 0 aliphatic heterocycles. The predicted molar refractivity (Wildman–Crippen MR) is 164 cm³/mol. The van der Waals surface area contributed by atoms with Crippen LogP contribution in [-0.4, -0.2) is 0 Å². The third kappa shape index (κ3) is 3.30. The van der Waals surface area contributed by atoms with Crippen LogP contribution in [0, 0.1) is 0 Å². The first-order chi connectivity index (χ1) is 18.4. The van der Waals surface area contributed by atoms with Crippen molar-refractivity contribution in [1.82, 2.24) is 0 Å². The van der Waals surface area contributed by atoms with Crippen molar-refractivity contribution in [2.24, 2.45) is 0 Å². The van der Waals surface area contributed by atoms with Gasteiger partial charge in [-0.2, -0.15) is 0 Å². The van der Waals surface area contributed by atoms with Crippen molar-refractivity contribution in [3.63, 3.8) is 0 Å². The quantitative estimate of drug-likeness (QED) is 0.217. The van der Waals surface area contributed by atoms with Gasteiger partial charge in [0.15, 0.2) is 0 Å². The van der Waals surface area contributed by atoms with Gasteiger partial charge < -0.3 is 0 Å². The number of fused-ring (bicyclic) bond motifs is 5. The molecule has 0 aromatic heterocycles. The van der Waals surface area contributed by atoms with Crippen LogP contribution >= 0.6 is 0 Å². The van der Waals surface area contributed by atoms with Crippen LogP contribution in [0.2, 0.25) is 0 Å². The molecule has 0 heterocycles. The van der Waals surface area contributed by atoms with Crippen molar-refractivity contribution in [2.75, 3.05) is 0 Å². The highest BCUT2D eigenvalue weighted by atomic mass is 14.4. The minimum Gasteiger partial charge on any atom is -0.0622 e. The fraction of sp³-hybridized carbons (Fsp3) is 0.158. The molecule has 7 rings (SSSR count). The van der Waals surface area contributed by atoms with Gasteiger partial charge in [-0.05, 0) is 83.6 Å². The predicted octanol–water partition coefficient (Wildman–Crippen LogP) is 10.8. The summed E-state index contributed by atoms with van der Waals surface area (Å²) in [5.41, 5.74) is 12.2. The average molecular weight is 489 g/mol. The van der Waals surface area contributed by atoms with E-state index in [2.05, 4.69) is 143 Å². The summed E-state index contributed by atoms with van der Waals surface area (Å²) in [6, 6.07) is 43.0. The topological polar surface area (TPSA) is 0 Å². The highest BCUT2D eigenvalue weighted by Gasteiger charge is 2.36. The van der Waals surface area contributed by atoms with E-state index in [1.54, 1.807) is 0 Å². The van der Waals surface area contributed by atoms with E-state index in [1.807, 2.05) is 0 Å². The third-order valence-corrected chi connectivity index (χ3v) is 8.65. The molecule has 0 heteroatoms. The van der Waals surface area contributed by atoms with Crippen LogP contribution in [0.15, 0.2) is 115 Å². The van der Waals surface area contributed by atoms with Gasteiger partial charge in [0.2, 0.25) is 0 Å². The zero-order chi connectivity index (χ0) is 26.0. The number of hydrogen-bond acceptors (Lipinski definition) is 0. The fourth-order valence-electron chi connectivity index (χ4n) is 6.62. The molecule has 1 aliphatic rings. The maximum absolute atomic E-state index is 2.47. The second-order valence-electron chi connectivity index (χ2n) is 11.6. The number of rotatable bonds is 3. The Morgan fingerprint density at radius 1 is 0.474 bits per heavy atom. The second kappa shape index (κ2) is 8.43. The summed E-state index contributed by atoms with van der Waals surface area (Å²) >= 11 is 0. The molecule has 38 heavy (non-hydrogen) atoms. The van der Waals surface area contributed by atoms with Gasteiger partial charge in [0, 0.05) is 5.41 Å². The van der Waals surface area contributed by atoms with Gasteiger partial charge in [0.25, 0.3) is 0 Å². The third-order valence-electron chi connectivity index (χ3n) is 8.65. The van der Waals surface area contributed by atoms with E-state index in [4.69, 9.17) is 0 Å². The molecule has 6 aromatic carbocycles. The van der Waals surface area contributed by atoms with Gasteiger partial charge in [0.05, 0.1) is 0 Å². The van der Waals surface area contributed by atoms with Crippen LogP contribution in [0.25, 0.3) is 54.9 Å². The van der Waals surface area contributed by atoms with E-state index in [0.29, 0.717) is 5.92 Å². The zero-order valence-corrected chi connectivity index (χ0v) is 22.5. The van der Waals surface area contributed by atoms with Gasteiger partial charge >= 0.3 is 0 Å². The van der Waals surface area contributed by atoms with E-state index in [-0.39, 0.29) is 5.41 Å². The lowest BCUT2D eigenvalue weighted by molar-refractivity contribution is 0.658. The highest BCUT2D eigenvalue weighted by molar-refractivity contribution is 6.21. The molecule has 0 radical (unpaired) electrons. The Morgan fingerprint density at radius 2 is 0.947 bits per heavy atom. The lowest BCUT2D eigenvalue weighted by Gasteiger charge is -2.24. The monoisotopic (exact) mass is 488 g/mol. The fourth-order valence-corrected chi connectivity index (χ4v) is 6.62. The standard InChI is InChI=1S/C38H32/c1-24(2)26-18-20-28-29-21-19-27(23-35(29)38(3,4)34(28)22-26)37-32-16-10-8-14-30(32)36(25-12-6-5-7-13-25)31-15-9-11-17-33(31)37/h5-24H,1-4H3. The molecule has 0 bridgehead atoms. The first-order valence-electron chi connectivity index (χ1n) is 13.7. The lowest BCUT2D eigenvalue weighted by Crippen LogP contribution is -2.15. The summed E-state index contributed by atoms with van der Waals surface area (Å²) in [6.45, 7) is 9.34. The van der Waals surface area contributed by atoms with Crippen molar-refractivity contribution < 1.29 is 0 Å². The summed E-state index contributed by atoms with van der Waals surface area (Å²) in [4.78, 5) is 0. The van der Waals surface area contributed by atoms with Crippen molar-refractivity contribution in [2.45, 2.75) is 39.0 Å². The number of benzene rings is 6. The molecule has 6 aromatic rings. The summed E-state index contributed by atoms with van der Waals surface area (Å²) in [6.07, 6.45) is 0. The van der Waals surface area contributed by atoms with Gasteiger partial charge in [-0.15, -0.1) is 0 Å². The maximum Gasteiger partial charge on any atom is 0.0159 e. The van der Waals surface area contributed by atoms with Crippen LogP contribution < -0.4 is 0 Å². The molecule has 0 amide bonds. The zero-order valence-electron chi connectivity index (χ0n) is 22.5. The molecule has 0 N–H and O–H groups in total.